The Morgan fingerprint density at radius 3 is 2.60 bits per heavy atom. The van der Waals surface area contributed by atoms with Crippen LogP contribution in [0.3, 0.4) is 0 Å². The van der Waals surface area contributed by atoms with Crippen LogP contribution in [-0.2, 0) is 19.6 Å². The third kappa shape index (κ3) is 6.93. The number of carbonyl (C=O) groups excluding carboxylic acids is 1. The second-order valence-electron chi connectivity index (χ2n) is 8.59. The van der Waals surface area contributed by atoms with Crippen molar-refractivity contribution in [2.45, 2.75) is 55.3 Å². The number of nitrogens with one attached hydrogen (secondary N) is 2. The van der Waals surface area contributed by atoms with Gasteiger partial charge in [0.25, 0.3) is 0 Å². The molecule has 2 heterocycles. The molecule has 3 rings (SSSR count). The lowest BCUT2D eigenvalue weighted by molar-refractivity contribution is -0.147. The second kappa shape index (κ2) is 11.5. The number of carboxylic acid groups (broad SMARTS) is 1. The van der Waals surface area contributed by atoms with Crippen LogP contribution in [0.1, 0.15) is 44.0 Å². The number of carbonyl (C=O) groups is 2. The summed E-state index contributed by atoms with van der Waals surface area (Å²) in [6.07, 6.45) is 2.74. The Balaban J connectivity index is 1.83. The molecule has 0 unspecified atom stereocenters. The molecule has 2 aromatic rings. The van der Waals surface area contributed by atoms with Crippen LogP contribution in [0.2, 0.25) is 0 Å². The topological polar surface area (TPSA) is 171 Å². The van der Waals surface area contributed by atoms with Gasteiger partial charge >= 0.3 is 6.16 Å². The molecule has 1 aliphatic heterocycles. The predicted octanol–water partition coefficient (Wildman–Crippen LogP) is 1.64. The van der Waals surface area contributed by atoms with E-state index in [1.54, 1.807) is 24.5 Å². The number of anilines is 1. The first-order chi connectivity index (χ1) is 16.6. The van der Waals surface area contributed by atoms with Gasteiger partial charge in [-0.1, -0.05) is 0 Å². The van der Waals surface area contributed by atoms with Crippen molar-refractivity contribution < 1.29 is 27.9 Å². The van der Waals surface area contributed by atoms with Gasteiger partial charge in [-0.3, -0.25) is 4.79 Å². The highest BCUT2D eigenvalue weighted by molar-refractivity contribution is 7.89. The standard InChI is InChI=1S/C22H32N6O6S/c1-27(2)15-6-8-16(9-7-15)35(32,33)26-18(11-10-17(23)20-24-12-13-25-20)21(29)28-14-4-3-5-19(28)34-22(30)31/h6-9,12-13,17-19,26H,3-5,10-11,14,23H2,1-2H3,(H,24,25)(H,30,31)/t17-,18-,19+/m0/s1. The molecule has 3 atom stereocenters. The maximum Gasteiger partial charge on any atom is 0.507 e. The van der Waals surface area contributed by atoms with Gasteiger partial charge in [0, 0.05) is 45.1 Å². The number of piperidine rings is 1. The summed E-state index contributed by atoms with van der Waals surface area (Å²) in [4.78, 5) is 34.8. The van der Waals surface area contributed by atoms with Gasteiger partial charge in [0.15, 0.2) is 6.23 Å². The van der Waals surface area contributed by atoms with E-state index in [0.29, 0.717) is 25.1 Å². The molecule has 1 aliphatic rings. The number of nitrogens with two attached hydrogens (primary N) is 1. The minimum atomic E-state index is -4.07. The van der Waals surface area contributed by atoms with Crippen LogP contribution in [0.4, 0.5) is 10.5 Å². The van der Waals surface area contributed by atoms with Crippen LogP contribution in [-0.4, -0.2) is 73.4 Å². The van der Waals surface area contributed by atoms with Gasteiger partial charge in [-0.25, -0.2) is 18.2 Å². The van der Waals surface area contributed by atoms with Crippen molar-refractivity contribution in [2.75, 3.05) is 25.5 Å². The quantitative estimate of drug-likeness (QED) is 0.348. The minimum Gasteiger partial charge on any atom is -0.450 e. The number of benzene rings is 1. The Kier molecular flexibility index (Phi) is 8.70. The molecule has 5 N–H and O–H groups in total. The maximum atomic E-state index is 13.5. The minimum absolute atomic E-state index is 0.00760. The molecule has 0 spiro atoms. The highest BCUT2D eigenvalue weighted by atomic mass is 32.2. The van der Waals surface area contributed by atoms with Crippen molar-refractivity contribution in [3.8, 4) is 0 Å². The Bertz CT molecular complexity index is 1090. The van der Waals surface area contributed by atoms with Gasteiger partial charge in [0.05, 0.1) is 10.9 Å². The molecule has 1 amide bonds. The Morgan fingerprint density at radius 2 is 2.00 bits per heavy atom. The number of likely N-dealkylation sites (tertiary alicyclic amines) is 1. The molecule has 1 saturated heterocycles. The Morgan fingerprint density at radius 1 is 1.29 bits per heavy atom. The SMILES string of the molecule is CN(C)c1ccc(S(=O)(=O)N[C@@H](CC[C@H](N)c2ncc[nH]2)C(=O)N2CCCC[C@H]2OC(=O)O)cc1. The third-order valence-corrected chi connectivity index (χ3v) is 7.35. The molecular formula is C22H32N6O6S. The number of H-pyrrole nitrogens is 1. The zero-order valence-corrected chi connectivity index (χ0v) is 20.6. The highest BCUT2D eigenvalue weighted by Crippen LogP contribution is 2.23. The van der Waals surface area contributed by atoms with Crippen molar-refractivity contribution in [3.63, 3.8) is 0 Å². The highest BCUT2D eigenvalue weighted by Gasteiger charge is 2.36. The summed E-state index contributed by atoms with van der Waals surface area (Å²) in [6, 6.07) is 4.54. The lowest BCUT2D eigenvalue weighted by Gasteiger charge is -2.36. The molecule has 0 bridgehead atoms. The lowest BCUT2D eigenvalue weighted by atomic mass is 10.0. The van der Waals surface area contributed by atoms with Gasteiger partial charge in [-0.2, -0.15) is 4.72 Å². The van der Waals surface area contributed by atoms with Gasteiger partial charge in [0.1, 0.15) is 11.9 Å². The van der Waals surface area contributed by atoms with Gasteiger partial charge in [-0.15, -0.1) is 0 Å². The van der Waals surface area contributed by atoms with Crippen molar-refractivity contribution in [2.24, 2.45) is 5.73 Å². The fourth-order valence-corrected chi connectivity index (χ4v) is 5.19. The average Bonchev–Trinajstić information content (AvgIpc) is 3.36. The van der Waals surface area contributed by atoms with Gasteiger partial charge in [0.2, 0.25) is 15.9 Å². The Labute approximate surface area is 204 Å². The summed E-state index contributed by atoms with van der Waals surface area (Å²) in [6.45, 7) is 0.261. The molecule has 13 heteroatoms. The van der Waals surface area contributed by atoms with Crippen LogP contribution >= 0.6 is 0 Å². The summed E-state index contributed by atoms with van der Waals surface area (Å²) in [5.74, 6) is -0.0422. The number of ether oxygens (including phenoxy) is 1. The van der Waals surface area contributed by atoms with Crippen LogP contribution < -0.4 is 15.4 Å². The first kappa shape index (κ1) is 26.4. The van der Waals surface area contributed by atoms with E-state index in [1.807, 2.05) is 19.0 Å². The summed E-state index contributed by atoms with van der Waals surface area (Å²) in [5.41, 5.74) is 7.00. The van der Waals surface area contributed by atoms with E-state index in [9.17, 15) is 18.0 Å². The molecular weight excluding hydrogens is 476 g/mol. The van der Waals surface area contributed by atoms with Crippen LogP contribution in [0.5, 0.6) is 0 Å². The largest absolute Gasteiger partial charge is 0.507 e. The summed E-state index contributed by atoms with van der Waals surface area (Å²) in [7, 11) is -0.385. The molecule has 192 valence electrons. The maximum absolute atomic E-state index is 13.5. The fraction of sp³-hybridized carbons (Fsp3) is 0.500. The molecule has 0 radical (unpaired) electrons. The fourth-order valence-electron chi connectivity index (χ4n) is 3.97. The molecule has 0 saturated carbocycles. The normalized spacial score (nSPS) is 18.0. The molecule has 1 fully saturated rings. The number of rotatable bonds is 10. The third-order valence-electron chi connectivity index (χ3n) is 5.86. The molecule has 0 aliphatic carbocycles. The van der Waals surface area contributed by atoms with Crippen molar-refractivity contribution in [1.29, 1.82) is 0 Å². The van der Waals surface area contributed by atoms with E-state index in [-0.39, 0.29) is 24.3 Å². The van der Waals surface area contributed by atoms with E-state index < -0.39 is 40.4 Å². The van der Waals surface area contributed by atoms with Gasteiger partial charge in [-0.05, 0) is 49.9 Å². The lowest BCUT2D eigenvalue weighted by Crippen LogP contribution is -2.54. The van der Waals surface area contributed by atoms with E-state index in [0.717, 1.165) is 5.69 Å². The first-order valence-corrected chi connectivity index (χ1v) is 12.8. The van der Waals surface area contributed by atoms with Crippen molar-refractivity contribution in [1.82, 2.24) is 19.6 Å². The van der Waals surface area contributed by atoms with E-state index in [2.05, 4.69) is 14.7 Å². The smallest absolute Gasteiger partial charge is 0.450 e. The number of aromatic nitrogens is 2. The summed E-state index contributed by atoms with van der Waals surface area (Å²) < 4.78 is 33.8. The number of hydrogen-bond donors (Lipinski definition) is 4. The summed E-state index contributed by atoms with van der Waals surface area (Å²) >= 11 is 0. The van der Waals surface area contributed by atoms with Crippen LogP contribution in [0, 0.1) is 0 Å². The van der Waals surface area contributed by atoms with Crippen LogP contribution in [0.25, 0.3) is 0 Å². The zero-order valence-electron chi connectivity index (χ0n) is 19.8. The van der Waals surface area contributed by atoms with E-state index in [4.69, 9.17) is 15.6 Å². The van der Waals surface area contributed by atoms with E-state index in [1.165, 1.54) is 17.0 Å². The number of imidazole rings is 1. The van der Waals surface area contributed by atoms with E-state index >= 15 is 0 Å². The first-order valence-electron chi connectivity index (χ1n) is 11.3. The Hall–Kier alpha value is -3.16. The molecule has 35 heavy (non-hydrogen) atoms. The van der Waals surface area contributed by atoms with Crippen molar-refractivity contribution in [3.05, 3.63) is 42.5 Å². The number of hydrogen-bond acceptors (Lipinski definition) is 8. The molecule has 1 aromatic carbocycles. The predicted molar refractivity (Wildman–Crippen MR) is 128 cm³/mol. The molecule has 1 aromatic heterocycles. The van der Waals surface area contributed by atoms with Gasteiger partial charge < -0.3 is 30.4 Å². The zero-order chi connectivity index (χ0) is 25.6. The summed E-state index contributed by atoms with van der Waals surface area (Å²) in [5, 5.41) is 9.08. The number of aromatic amines is 1. The van der Waals surface area contributed by atoms with Crippen LogP contribution in [0.15, 0.2) is 41.6 Å². The number of nitrogens with zero attached hydrogens (tertiary/aromatic N) is 3. The second-order valence-corrected chi connectivity index (χ2v) is 10.3. The number of sulfonamides is 1. The average molecular weight is 509 g/mol. The number of amides is 1. The van der Waals surface area contributed by atoms with Crippen molar-refractivity contribution >= 4 is 27.8 Å². The molecule has 12 nitrogen and oxygen atoms in total. The monoisotopic (exact) mass is 508 g/mol.